The summed E-state index contributed by atoms with van der Waals surface area (Å²) < 4.78 is 0. The number of hydrogen-bond donors (Lipinski definition) is 1. The summed E-state index contributed by atoms with van der Waals surface area (Å²) in [6.07, 6.45) is 0.839. The largest absolute Gasteiger partial charge is 0.328 e. The topological polar surface area (TPSA) is 26.0 Å². The number of halogens is 1. The first-order chi connectivity index (χ1) is 6.99. The molecule has 0 saturated heterocycles. The van der Waals surface area contributed by atoms with Crippen molar-refractivity contribution in [3.05, 3.63) is 28.8 Å². The summed E-state index contributed by atoms with van der Waals surface area (Å²) in [4.78, 5) is 1.23. The minimum Gasteiger partial charge on any atom is -0.328 e. The maximum Gasteiger partial charge on any atom is 0.0449 e. The Labute approximate surface area is 101 Å². The zero-order valence-corrected chi connectivity index (χ0v) is 11.0. The minimum absolute atomic E-state index is 0.158. The van der Waals surface area contributed by atoms with Gasteiger partial charge in [0.05, 0.1) is 0 Å². The molecule has 1 atom stereocenters. The molecule has 0 fully saturated rings. The van der Waals surface area contributed by atoms with E-state index in [1.807, 2.05) is 24.8 Å². The van der Waals surface area contributed by atoms with E-state index in [9.17, 15) is 0 Å². The Morgan fingerprint density at radius 3 is 2.47 bits per heavy atom. The predicted molar refractivity (Wildman–Crippen MR) is 69.8 cm³/mol. The molecule has 3 heteroatoms. The third kappa shape index (κ3) is 4.45. The molecule has 1 unspecified atom stereocenters. The van der Waals surface area contributed by atoms with E-state index >= 15 is 0 Å². The van der Waals surface area contributed by atoms with Crippen LogP contribution in [0.4, 0.5) is 0 Å². The van der Waals surface area contributed by atoms with Gasteiger partial charge in [-0.3, -0.25) is 0 Å². The Kier molecular flexibility index (Phi) is 4.97. The molecule has 0 radical (unpaired) electrons. The molecule has 0 aliphatic rings. The molecule has 1 aromatic carbocycles. The van der Waals surface area contributed by atoms with E-state index in [1.54, 1.807) is 0 Å². The van der Waals surface area contributed by atoms with Gasteiger partial charge in [-0.1, -0.05) is 31.5 Å². The summed E-state index contributed by atoms with van der Waals surface area (Å²) in [6, 6.07) is 6.39. The average molecular weight is 244 g/mol. The zero-order chi connectivity index (χ0) is 11.4. The van der Waals surface area contributed by atoms with Crippen LogP contribution in [0.25, 0.3) is 0 Å². The van der Waals surface area contributed by atoms with Gasteiger partial charge in [0.15, 0.2) is 0 Å². The number of nitrogens with two attached hydrogens (primary N) is 1. The molecule has 0 spiro atoms. The first-order valence-corrected chi connectivity index (χ1v) is 6.45. The summed E-state index contributed by atoms with van der Waals surface area (Å²) in [7, 11) is 0. The van der Waals surface area contributed by atoms with Gasteiger partial charge in [0.25, 0.3) is 0 Å². The van der Waals surface area contributed by atoms with Crippen LogP contribution in [-0.4, -0.2) is 11.3 Å². The second-order valence-electron chi connectivity index (χ2n) is 4.10. The molecule has 0 saturated carbocycles. The number of rotatable bonds is 4. The van der Waals surface area contributed by atoms with Crippen LogP contribution in [0.2, 0.25) is 5.02 Å². The first-order valence-electron chi connectivity index (χ1n) is 5.19. The molecule has 84 valence electrons. The van der Waals surface area contributed by atoms with E-state index in [4.69, 9.17) is 17.3 Å². The van der Waals surface area contributed by atoms with Gasteiger partial charge in [-0.2, -0.15) is 0 Å². The Bertz CT molecular complexity index is 323. The monoisotopic (exact) mass is 243 g/mol. The summed E-state index contributed by atoms with van der Waals surface area (Å²) in [5.74, 6) is 0. The summed E-state index contributed by atoms with van der Waals surface area (Å²) >= 11 is 8.01. The van der Waals surface area contributed by atoms with Crippen molar-refractivity contribution < 1.29 is 0 Å². The molecule has 0 aliphatic heterocycles. The highest BCUT2D eigenvalue weighted by molar-refractivity contribution is 7.99. The maximum atomic E-state index is 6.19. The van der Waals surface area contributed by atoms with Crippen molar-refractivity contribution in [2.75, 3.05) is 0 Å². The van der Waals surface area contributed by atoms with Crippen molar-refractivity contribution in [2.24, 2.45) is 5.73 Å². The Balaban J connectivity index is 2.78. The Morgan fingerprint density at radius 1 is 1.33 bits per heavy atom. The van der Waals surface area contributed by atoms with Crippen LogP contribution in [0.15, 0.2) is 23.1 Å². The lowest BCUT2D eigenvalue weighted by molar-refractivity contribution is 0.738. The van der Waals surface area contributed by atoms with Gasteiger partial charge in [-0.15, -0.1) is 11.8 Å². The summed E-state index contributed by atoms with van der Waals surface area (Å²) in [5, 5.41) is 1.42. The molecule has 2 N–H and O–H groups in total. The van der Waals surface area contributed by atoms with Crippen molar-refractivity contribution in [2.45, 2.75) is 43.4 Å². The smallest absolute Gasteiger partial charge is 0.0449 e. The van der Waals surface area contributed by atoms with E-state index in [0.29, 0.717) is 5.25 Å². The number of benzene rings is 1. The van der Waals surface area contributed by atoms with Gasteiger partial charge in [0.1, 0.15) is 0 Å². The van der Waals surface area contributed by atoms with Gasteiger partial charge in [0, 0.05) is 21.2 Å². The second-order valence-corrected chi connectivity index (χ2v) is 6.16. The lowest BCUT2D eigenvalue weighted by Gasteiger charge is -2.10. The van der Waals surface area contributed by atoms with Crippen LogP contribution in [0.5, 0.6) is 0 Å². The number of thioether (sulfide) groups is 1. The van der Waals surface area contributed by atoms with E-state index < -0.39 is 0 Å². The van der Waals surface area contributed by atoms with Crippen molar-refractivity contribution in [1.82, 2.24) is 0 Å². The molecule has 0 aliphatic carbocycles. The standard InChI is InChI=1S/C12H18ClNS/c1-8(2)15-11-5-4-10(6-9(3)14)12(13)7-11/h4-5,7-9H,6,14H2,1-3H3. The fourth-order valence-electron chi connectivity index (χ4n) is 1.39. The highest BCUT2D eigenvalue weighted by Gasteiger charge is 2.05. The van der Waals surface area contributed by atoms with Gasteiger partial charge in [-0.25, -0.2) is 0 Å². The third-order valence-corrected chi connectivity index (χ3v) is 3.29. The summed E-state index contributed by atoms with van der Waals surface area (Å²) in [6.45, 7) is 6.34. The molecule has 0 amide bonds. The van der Waals surface area contributed by atoms with Crippen molar-refractivity contribution in [3.8, 4) is 0 Å². The normalized spacial score (nSPS) is 13.2. The van der Waals surface area contributed by atoms with Crippen LogP contribution in [0.1, 0.15) is 26.3 Å². The highest BCUT2D eigenvalue weighted by atomic mass is 35.5. The van der Waals surface area contributed by atoms with Crippen molar-refractivity contribution in [3.63, 3.8) is 0 Å². The molecule has 1 nitrogen and oxygen atoms in total. The molecule has 0 heterocycles. The fraction of sp³-hybridized carbons (Fsp3) is 0.500. The van der Waals surface area contributed by atoms with E-state index in [-0.39, 0.29) is 6.04 Å². The third-order valence-electron chi connectivity index (χ3n) is 1.94. The molecule has 15 heavy (non-hydrogen) atoms. The van der Waals surface area contributed by atoms with E-state index in [2.05, 4.69) is 26.0 Å². The van der Waals surface area contributed by atoms with Gasteiger partial charge >= 0.3 is 0 Å². The van der Waals surface area contributed by atoms with E-state index in [1.165, 1.54) is 4.90 Å². The molecule has 1 aromatic rings. The molecule has 0 aromatic heterocycles. The quantitative estimate of drug-likeness (QED) is 0.816. The Hall–Kier alpha value is -0.180. The van der Waals surface area contributed by atoms with Gasteiger partial charge in [0.2, 0.25) is 0 Å². The minimum atomic E-state index is 0.158. The SMILES string of the molecule is CC(N)Cc1ccc(SC(C)C)cc1Cl. The second kappa shape index (κ2) is 5.78. The van der Waals surface area contributed by atoms with Crippen LogP contribution >= 0.6 is 23.4 Å². The predicted octanol–water partition coefficient (Wildman–Crippen LogP) is 3.73. The van der Waals surface area contributed by atoms with Crippen molar-refractivity contribution >= 4 is 23.4 Å². The highest BCUT2D eigenvalue weighted by Crippen LogP contribution is 2.28. The van der Waals surface area contributed by atoms with Crippen LogP contribution in [-0.2, 0) is 6.42 Å². The van der Waals surface area contributed by atoms with Crippen LogP contribution in [0.3, 0.4) is 0 Å². The van der Waals surface area contributed by atoms with Crippen LogP contribution < -0.4 is 5.73 Å². The van der Waals surface area contributed by atoms with E-state index in [0.717, 1.165) is 17.0 Å². The molecule has 1 rings (SSSR count). The Morgan fingerprint density at radius 2 is 2.00 bits per heavy atom. The fourth-order valence-corrected chi connectivity index (χ4v) is 2.59. The van der Waals surface area contributed by atoms with Gasteiger partial charge < -0.3 is 5.73 Å². The van der Waals surface area contributed by atoms with Crippen LogP contribution in [0, 0.1) is 0 Å². The zero-order valence-electron chi connectivity index (χ0n) is 9.46. The molecule has 0 bridgehead atoms. The lowest BCUT2D eigenvalue weighted by Crippen LogP contribution is -2.17. The average Bonchev–Trinajstić information content (AvgIpc) is 2.08. The lowest BCUT2D eigenvalue weighted by atomic mass is 10.1. The maximum absolute atomic E-state index is 6.19. The van der Waals surface area contributed by atoms with Crippen molar-refractivity contribution in [1.29, 1.82) is 0 Å². The summed E-state index contributed by atoms with van der Waals surface area (Å²) in [5.41, 5.74) is 6.89. The molecular formula is C12H18ClNS. The van der Waals surface area contributed by atoms with Gasteiger partial charge in [-0.05, 0) is 31.0 Å². The first kappa shape index (κ1) is 12.9. The number of hydrogen-bond acceptors (Lipinski definition) is 2. The molecular weight excluding hydrogens is 226 g/mol.